The summed E-state index contributed by atoms with van der Waals surface area (Å²) in [6, 6.07) is 0.691. The van der Waals surface area contributed by atoms with E-state index in [9.17, 15) is 0 Å². The summed E-state index contributed by atoms with van der Waals surface area (Å²) in [5.41, 5.74) is 1.02. The van der Waals surface area contributed by atoms with E-state index in [1.54, 1.807) is 0 Å². The van der Waals surface area contributed by atoms with Gasteiger partial charge in [-0.25, -0.2) is 0 Å². The fourth-order valence-corrected chi connectivity index (χ4v) is 4.25. The fourth-order valence-electron chi connectivity index (χ4n) is 4.25. The molecule has 16 heavy (non-hydrogen) atoms. The van der Waals surface area contributed by atoms with Crippen LogP contribution in [0.15, 0.2) is 0 Å². The van der Waals surface area contributed by atoms with Crippen LogP contribution < -0.4 is 5.32 Å². The van der Waals surface area contributed by atoms with Gasteiger partial charge in [0, 0.05) is 12.5 Å². The first-order chi connectivity index (χ1) is 7.50. The van der Waals surface area contributed by atoms with Gasteiger partial charge in [0.05, 0.1) is 0 Å². The molecule has 0 heterocycles. The Kier molecular flexibility index (Phi) is 3.05. The lowest BCUT2D eigenvalue weighted by atomic mass is 9.68. The highest BCUT2D eigenvalue weighted by Crippen LogP contribution is 2.62. The van der Waals surface area contributed by atoms with Crippen molar-refractivity contribution in [1.29, 1.82) is 0 Å². The summed E-state index contributed by atoms with van der Waals surface area (Å²) in [4.78, 5) is 0. The van der Waals surface area contributed by atoms with Crippen LogP contribution >= 0.6 is 0 Å². The summed E-state index contributed by atoms with van der Waals surface area (Å²) in [6.45, 7) is 8.45. The molecule has 0 aromatic rings. The molecule has 0 aliphatic heterocycles. The standard InChI is InChI=1S/C15H25N/c1-5-6-7-10-16-13-14(2,3)12-8-9-15(13,4)11-12/h1,12-13,16H,6-11H2,2-4H3/t12-,13?,15+/m0/s1. The van der Waals surface area contributed by atoms with E-state index in [4.69, 9.17) is 6.42 Å². The zero-order valence-corrected chi connectivity index (χ0v) is 11.0. The highest BCUT2D eigenvalue weighted by Gasteiger charge is 2.58. The van der Waals surface area contributed by atoms with E-state index in [0.717, 1.165) is 25.3 Å². The summed E-state index contributed by atoms with van der Waals surface area (Å²) in [7, 11) is 0. The number of fused-ring (bicyclic) bond motifs is 2. The molecule has 90 valence electrons. The molecule has 0 amide bonds. The molecule has 1 nitrogen and oxygen atoms in total. The van der Waals surface area contributed by atoms with Crippen LogP contribution in [0.5, 0.6) is 0 Å². The first kappa shape index (κ1) is 12.0. The van der Waals surface area contributed by atoms with E-state index < -0.39 is 0 Å². The largest absolute Gasteiger partial charge is 0.313 e. The van der Waals surface area contributed by atoms with Gasteiger partial charge in [-0.2, -0.15) is 0 Å². The van der Waals surface area contributed by atoms with E-state index in [2.05, 4.69) is 32.0 Å². The maximum absolute atomic E-state index is 5.28. The molecule has 2 bridgehead atoms. The molecule has 0 radical (unpaired) electrons. The lowest BCUT2D eigenvalue weighted by Crippen LogP contribution is -2.50. The van der Waals surface area contributed by atoms with Crippen LogP contribution in [0, 0.1) is 29.1 Å². The zero-order chi connectivity index (χ0) is 11.8. The second-order valence-electron chi connectivity index (χ2n) is 6.61. The van der Waals surface area contributed by atoms with E-state index in [1.807, 2.05) is 0 Å². The average molecular weight is 219 g/mol. The van der Waals surface area contributed by atoms with E-state index in [-0.39, 0.29) is 0 Å². The van der Waals surface area contributed by atoms with Crippen LogP contribution in [0.2, 0.25) is 0 Å². The molecule has 2 fully saturated rings. The van der Waals surface area contributed by atoms with Gasteiger partial charge < -0.3 is 5.32 Å². The van der Waals surface area contributed by atoms with Crippen LogP contribution in [-0.4, -0.2) is 12.6 Å². The minimum Gasteiger partial charge on any atom is -0.313 e. The van der Waals surface area contributed by atoms with E-state index in [0.29, 0.717) is 16.9 Å². The zero-order valence-electron chi connectivity index (χ0n) is 11.0. The van der Waals surface area contributed by atoms with Crippen LogP contribution in [-0.2, 0) is 0 Å². The van der Waals surface area contributed by atoms with Crippen molar-refractivity contribution in [2.45, 2.75) is 58.9 Å². The first-order valence-corrected chi connectivity index (χ1v) is 6.67. The van der Waals surface area contributed by atoms with Crippen molar-refractivity contribution >= 4 is 0 Å². The van der Waals surface area contributed by atoms with E-state index in [1.165, 1.54) is 19.3 Å². The number of hydrogen-bond acceptors (Lipinski definition) is 1. The number of hydrogen-bond donors (Lipinski definition) is 1. The molecule has 3 atom stereocenters. The molecule has 1 N–H and O–H groups in total. The lowest BCUT2D eigenvalue weighted by Gasteiger charge is -2.43. The van der Waals surface area contributed by atoms with Gasteiger partial charge in [-0.05, 0) is 49.0 Å². The number of unbranched alkanes of at least 4 members (excludes halogenated alkanes) is 1. The Morgan fingerprint density at radius 3 is 2.69 bits per heavy atom. The Balaban J connectivity index is 1.95. The second-order valence-corrected chi connectivity index (χ2v) is 6.61. The maximum atomic E-state index is 5.28. The van der Waals surface area contributed by atoms with Gasteiger partial charge in [0.15, 0.2) is 0 Å². The maximum Gasteiger partial charge on any atom is 0.0175 e. The van der Waals surface area contributed by atoms with Crippen molar-refractivity contribution in [2.75, 3.05) is 6.54 Å². The number of nitrogens with one attached hydrogen (secondary N) is 1. The Labute approximate surface area is 100 Å². The Bertz CT molecular complexity index is 294. The van der Waals surface area contributed by atoms with Gasteiger partial charge in [0.2, 0.25) is 0 Å². The number of terminal acetylenes is 1. The molecule has 1 unspecified atom stereocenters. The third-order valence-electron chi connectivity index (χ3n) is 5.12. The predicted molar refractivity (Wildman–Crippen MR) is 69.1 cm³/mol. The highest BCUT2D eigenvalue weighted by atomic mass is 15.0. The molecule has 2 aliphatic rings. The normalized spacial score (nSPS) is 39.9. The monoisotopic (exact) mass is 219 g/mol. The molecule has 2 aliphatic carbocycles. The summed E-state index contributed by atoms with van der Waals surface area (Å²) in [5, 5.41) is 3.78. The fraction of sp³-hybridized carbons (Fsp3) is 0.867. The van der Waals surface area contributed by atoms with Gasteiger partial charge in [0.25, 0.3) is 0 Å². The Morgan fingerprint density at radius 1 is 1.38 bits per heavy atom. The van der Waals surface area contributed by atoms with Crippen molar-refractivity contribution < 1.29 is 0 Å². The highest BCUT2D eigenvalue weighted by molar-refractivity contribution is 5.11. The summed E-state index contributed by atoms with van der Waals surface area (Å²) >= 11 is 0. The smallest absolute Gasteiger partial charge is 0.0175 e. The summed E-state index contributed by atoms with van der Waals surface area (Å²) < 4.78 is 0. The van der Waals surface area contributed by atoms with Gasteiger partial charge in [-0.1, -0.05) is 20.8 Å². The topological polar surface area (TPSA) is 12.0 Å². The van der Waals surface area contributed by atoms with Crippen molar-refractivity contribution in [1.82, 2.24) is 5.32 Å². The Morgan fingerprint density at radius 2 is 2.12 bits per heavy atom. The van der Waals surface area contributed by atoms with Crippen molar-refractivity contribution in [3.05, 3.63) is 0 Å². The third kappa shape index (κ3) is 1.78. The van der Waals surface area contributed by atoms with Gasteiger partial charge in [-0.3, -0.25) is 0 Å². The number of rotatable bonds is 4. The molecule has 2 saturated carbocycles. The molecule has 1 heteroatoms. The summed E-state index contributed by atoms with van der Waals surface area (Å²) in [6.07, 6.45) is 11.6. The minimum absolute atomic E-state index is 0.475. The van der Waals surface area contributed by atoms with Crippen molar-refractivity contribution in [3.8, 4) is 12.3 Å². The predicted octanol–water partition coefficient (Wildman–Crippen LogP) is 3.20. The second kappa shape index (κ2) is 4.08. The summed E-state index contributed by atoms with van der Waals surface area (Å²) in [5.74, 6) is 3.65. The quantitative estimate of drug-likeness (QED) is 0.565. The van der Waals surface area contributed by atoms with Crippen molar-refractivity contribution in [3.63, 3.8) is 0 Å². The van der Waals surface area contributed by atoms with Crippen LogP contribution in [0.4, 0.5) is 0 Å². The molecule has 2 rings (SSSR count). The van der Waals surface area contributed by atoms with Crippen LogP contribution in [0.25, 0.3) is 0 Å². The van der Waals surface area contributed by atoms with Crippen molar-refractivity contribution in [2.24, 2.45) is 16.7 Å². The molecule has 0 saturated heterocycles. The van der Waals surface area contributed by atoms with Gasteiger partial charge in [-0.15, -0.1) is 12.3 Å². The molecular formula is C15H25N. The van der Waals surface area contributed by atoms with Gasteiger partial charge in [0.1, 0.15) is 0 Å². The molecule has 0 spiro atoms. The van der Waals surface area contributed by atoms with Crippen LogP contribution in [0.1, 0.15) is 52.9 Å². The Hall–Kier alpha value is -0.480. The molecule has 0 aromatic heterocycles. The lowest BCUT2D eigenvalue weighted by molar-refractivity contribution is 0.109. The molecule has 0 aromatic carbocycles. The van der Waals surface area contributed by atoms with E-state index >= 15 is 0 Å². The SMILES string of the molecule is C#CCCCNC1C(C)(C)[C@H]2CC[C@]1(C)C2. The molecular weight excluding hydrogens is 194 g/mol. The van der Waals surface area contributed by atoms with Gasteiger partial charge >= 0.3 is 0 Å². The average Bonchev–Trinajstić information content (AvgIpc) is 2.68. The third-order valence-corrected chi connectivity index (χ3v) is 5.12. The van der Waals surface area contributed by atoms with Crippen LogP contribution in [0.3, 0.4) is 0 Å². The minimum atomic E-state index is 0.475. The first-order valence-electron chi connectivity index (χ1n) is 6.67.